The highest BCUT2D eigenvalue weighted by Crippen LogP contribution is 2.24. The zero-order valence-corrected chi connectivity index (χ0v) is 11.4. The summed E-state index contributed by atoms with van der Waals surface area (Å²) in [6.45, 7) is 0.170. The van der Waals surface area contributed by atoms with E-state index in [-0.39, 0.29) is 12.5 Å². The maximum absolute atomic E-state index is 11.6. The minimum Gasteiger partial charge on any atom is -0.399 e. The SMILES string of the molecule is CN(C)C(=O)Cn1cc(-c2ccc(N)cc2C#N)cn1. The molecule has 2 aromatic rings. The van der Waals surface area contributed by atoms with Gasteiger partial charge in [-0.3, -0.25) is 9.48 Å². The minimum atomic E-state index is -0.0440. The van der Waals surface area contributed by atoms with Crippen molar-refractivity contribution >= 4 is 11.6 Å². The lowest BCUT2D eigenvalue weighted by atomic mass is 10.0. The van der Waals surface area contributed by atoms with Crippen LogP contribution in [0, 0.1) is 11.3 Å². The first kappa shape index (κ1) is 13.6. The fraction of sp³-hybridized carbons (Fsp3) is 0.214. The number of hydrogen-bond donors (Lipinski definition) is 1. The molecule has 0 aliphatic rings. The number of benzene rings is 1. The van der Waals surface area contributed by atoms with Gasteiger partial charge in [-0.25, -0.2) is 0 Å². The van der Waals surface area contributed by atoms with Crippen LogP contribution in [0.5, 0.6) is 0 Å². The lowest BCUT2D eigenvalue weighted by molar-refractivity contribution is -0.129. The molecule has 0 saturated heterocycles. The molecule has 1 amide bonds. The van der Waals surface area contributed by atoms with E-state index >= 15 is 0 Å². The number of nitrogens with two attached hydrogens (primary N) is 1. The summed E-state index contributed by atoms with van der Waals surface area (Å²) >= 11 is 0. The number of rotatable bonds is 3. The van der Waals surface area contributed by atoms with Crippen LogP contribution in [0.15, 0.2) is 30.6 Å². The van der Waals surface area contributed by atoms with Crippen LogP contribution in [-0.2, 0) is 11.3 Å². The molecular weight excluding hydrogens is 254 g/mol. The van der Waals surface area contributed by atoms with Gasteiger partial charge in [0.15, 0.2) is 0 Å². The van der Waals surface area contributed by atoms with Gasteiger partial charge in [0.1, 0.15) is 6.54 Å². The lowest BCUT2D eigenvalue weighted by Gasteiger charge is -2.09. The zero-order chi connectivity index (χ0) is 14.7. The van der Waals surface area contributed by atoms with Crippen molar-refractivity contribution in [2.75, 3.05) is 19.8 Å². The quantitative estimate of drug-likeness (QED) is 0.845. The standard InChI is InChI=1S/C14H15N5O/c1-18(2)14(20)9-19-8-11(7-17-19)13-4-3-12(16)5-10(13)6-15/h3-5,7-8H,9,16H2,1-2H3. The molecule has 6 nitrogen and oxygen atoms in total. The fourth-order valence-electron chi connectivity index (χ4n) is 1.78. The third-order valence-electron chi connectivity index (χ3n) is 2.90. The number of carbonyl (C=O) groups is 1. The molecule has 0 aliphatic carbocycles. The van der Waals surface area contributed by atoms with Gasteiger partial charge in [0.05, 0.1) is 17.8 Å². The molecule has 0 saturated carbocycles. The van der Waals surface area contributed by atoms with Crippen molar-refractivity contribution in [1.29, 1.82) is 5.26 Å². The summed E-state index contributed by atoms with van der Waals surface area (Å²) in [5.41, 5.74) is 8.24. The molecule has 102 valence electrons. The number of anilines is 1. The van der Waals surface area contributed by atoms with Crippen molar-refractivity contribution in [1.82, 2.24) is 14.7 Å². The lowest BCUT2D eigenvalue weighted by Crippen LogP contribution is -2.26. The summed E-state index contributed by atoms with van der Waals surface area (Å²) in [6, 6.07) is 7.25. The maximum atomic E-state index is 11.6. The first-order valence-corrected chi connectivity index (χ1v) is 6.04. The van der Waals surface area contributed by atoms with Crippen molar-refractivity contribution in [2.45, 2.75) is 6.54 Å². The third kappa shape index (κ3) is 2.78. The van der Waals surface area contributed by atoms with E-state index in [9.17, 15) is 4.79 Å². The average Bonchev–Trinajstić information content (AvgIpc) is 2.86. The third-order valence-corrected chi connectivity index (χ3v) is 2.90. The molecular formula is C14H15N5O. The number of carbonyl (C=O) groups excluding carboxylic acids is 1. The summed E-state index contributed by atoms with van der Waals surface area (Å²) < 4.78 is 1.55. The van der Waals surface area contributed by atoms with Gasteiger partial charge in [-0.2, -0.15) is 10.4 Å². The Kier molecular flexibility index (Phi) is 3.71. The van der Waals surface area contributed by atoms with Crippen molar-refractivity contribution in [3.05, 3.63) is 36.2 Å². The maximum Gasteiger partial charge on any atom is 0.243 e. The van der Waals surface area contributed by atoms with Crippen LogP contribution >= 0.6 is 0 Å². The predicted molar refractivity (Wildman–Crippen MR) is 75.5 cm³/mol. The van der Waals surface area contributed by atoms with Crippen LogP contribution in [-0.4, -0.2) is 34.7 Å². The minimum absolute atomic E-state index is 0.0440. The number of likely N-dealkylation sites (N-methyl/N-ethyl adjacent to an activating group) is 1. The highest BCUT2D eigenvalue weighted by molar-refractivity contribution is 5.76. The van der Waals surface area contributed by atoms with Crippen molar-refractivity contribution in [3.63, 3.8) is 0 Å². The van der Waals surface area contributed by atoms with Crippen LogP contribution in [0.2, 0.25) is 0 Å². The number of nitrogens with zero attached hydrogens (tertiary/aromatic N) is 4. The number of hydrogen-bond acceptors (Lipinski definition) is 4. The zero-order valence-electron chi connectivity index (χ0n) is 11.4. The number of aromatic nitrogens is 2. The van der Waals surface area contributed by atoms with E-state index in [0.717, 1.165) is 11.1 Å². The second kappa shape index (κ2) is 5.45. The van der Waals surface area contributed by atoms with Crippen LogP contribution in [0.4, 0.5) is 5.69 Å². The van der Waals surface area contributed by atoms with Gasteiger partial charge in [-0.05, 0) is 12.1 Å². The van der Waals surface area contributed by atoms with E-state index in [1.54, 1.807) is 49.4 Å². The molecule has 0 radical (unpaired) electrons. The molecule has 2 rings (SSSR count). The molecule has 0 bridgehead atoms. The molecule has 0 atom stereocenters. The van der Waals surface area contributed by atoms with E-state index in [4.69, 9.17) is 11.0 Å². The Balaban J connectivity index is 2.30. The molecule has 0 unspecified atom stereocenters. The summed E-state index contributed by atoms with van der Waals surface area (Å²) in [6.07, 6.45) is 3.38. The Morgan fingerprint density at radius 2 is 2.25 bits per heavy atom. The van der Waals surface area contributed by atoms with Gasteiger partial charge < -0.3 is 10.6 Å². The van der Waals surface area contributed by atoms with Gasteiger partial charge in [0.2, 0.25) is 5.91 Å². The van der Waals surface area contributed by atoms with Gasteiger partial charge in [0, 0.05) is 37.1 Å². The van der Waals surface area contributed by atoms with E-state index in [2.05, 4.69) is 11.2 Å². The largest absolute Gasteiger partial charge is 0.399 e. The summed E-state index contributed by atoms with van der Waals surface area (Å²) in [4.78, 5) is 13.1. The van der Waals surface area contributed by atoms with Gasteiger partial charge in [-0.1, -0.05) is 6.07 Å². The van der Waals surface area contributed by atoms with E-state index in [0.29, 0.717) is 11.3 Å². The van der Waals surface area contributed by atoms with Crippen molar-refractivity contribution in [3.8, 4) is 17.2 Å². The number of amides is 1. The first-order valence-electron chi connectivity index (χ1n) is 6.04. The molecule has 1 heterocycles. The number of nitriles is 1. The molecule has 1 aromatic heterocycles. The molecule has 2 N–H and O–H groups in total. The Hall–Kier alpha value is -2.81. The summed E-state index contributed by atoms with van der Waals surface area (Å²) in [7, 11) is 3.39. The average molecular weight is 269 g/mol. The summed E-state index contributed by atoms with van der Waals surface area (Å²) in [5.74, 6) is -0.0440. The topological polar surface area (TPSA) is 87.9 Å². The van der Waals surface area contributed by atoms with Gasteiger partial charge >= 0.3 is 0 Å². The second-order valence-corrected chi connectivity index (χ2v) is 4.63. The monoisotopic (exact) mass is 269 g/mol. The molecule has 1 aromatic carbocycles. The molecule has 0 fully saturated rings. The van der Waals surface area contributed by atoms with Crippen LogP contribution in [0.3, 0.4) is 0 Å². The van der Waals surface area contributed by atoms with E-state index < -0.39 is 0 Å². The molecule has 0 aliphatic heterocycles. The van der Waals surface area contributed by atoms with Gasteiger partial charge in [0.25, 0.3) is 0 Å². The Labute approximate surface area is 117 Å². The molecule has 20 heavy (non-hydrogen) atoms. The molecule has 6 heteroatoms. The second-order valence-electron chi connectivity index (χ2n) is 4.63. The Morgan fingerprint density at radius 3 is 2.90 bits per heavy atom. The van der Waals surface area contributed by atoms with Crippen LogP contribution < -0.4 is 5.73 Å². The van der Waals surface area contributed by atoms with E-state index in [1.807, 2.05) is 0 Å². The highest BCUT2D eigenvalue weighted by Gasteiger charge is 2.10. The fourth-order valence-corrected chi connectivity index (χ4v) is 1.78. The Bertz CT molecular complexity index is 681. The normalized spacial score (nSPS) is 10.1. The number of nitrogen functional groups attached to an aromatic ring is 1. The predicted octanol–water partition coefficient (Wildman–Crippen LogP) is 1.09. The van der Waals surface area contributed by atoms with Crippen molar-refractivity contribution < 1.29 is 4.79 Å². The molecule has 0 spiro atoms. The Morgan fingerprint density at radius 1 is 1.50 bits per heavy atom. The van der Waals surface area contributed by atoms with Gasteiger partial charge in [-0.15, -0.1) is 0 Å². The van der Waals surface area contributed by atoms with Crippen molar-refractivity contribution in [2.24, 2.45) is 0 Å². The highest BCUT2D eigenvalue weighted by atomic mass is 16.2. The first-order chi connectivity index (χ1) is 9.51. The van der Waals surface area contributed by atoms with Crippen LogP contribution in [0.25, 0.3) is 11.1 Å². The van der Waals surface area contributed by atoms with Crippen LogP contribution in [0.1, 0.15) is 5.56 Å². The smallest absolute Gasteiger partial charge is 0.243 e. The summed E-state index contributed by atoms with van der Waals surface area (Å²) in [5, 5.41) is 13.3. The van der Waals surface area contributed by atoms with E-state index in [1.165, 1.54) is 4.90 Å².